The molecular weight excluding hydrogens is 1190 g/mol. The highest BCUT2D eigenvalue weighted by atomic mass is 35.5. The lowest BCUT2D eigenvalue weighted by Crippen LogP contribution is -2.37. The van der Waals surface area contributed by atoms with E-state index < -0.39 is 197 Å². The van der Waals surface area contributed by atoms with E-state index in [0.29, 0.717) is 12.3 Å². The maximum Gasteiger partial charge on any atom is 0.472 e. The van der Waals surface area contributed by atoms with Crippen molar-refractivity contribution in [1.29, 1.82) is 0 Å². The van der Waals surface area contributed by atoms with Gasteiger partial charge in [0.05, 0.1) is 45.0 Å². The van der Waals surface area contributed by atoms with Crippen LogP contribution >= 0.6 is 19.4 Å². The molecule has 2 amide bonds. The molecule has 0 aliphatic heterocycles. The van der Waals surface area contributed by atoms with Gasteiger partial charge in [-0.2, -0.15) is 49.6 Å². The van der Waals surface area contributed by atoms with Crippen LogP contribution in [-0.4, -0.2) is 99.2 Å². The first-order chi connectivity index (χ1) is 37.2. The van der Waals surface area contributed by atoms with E-state index in [4.69, 9.17) is 27.1 Å². The topological polar surface area (TPSA) is 285 Å². The van der Waals surface area contributed by atoms with Crippen LogP contribution in [0.4, 0.5) is 49.7 Å². The van der Waals surface area contributed by atoms with Crippen LogP contribution in [0, 0.1) is 23.5 Å². The second-order valence-electron chi connectivity index (χ2n) is 18.5. The Kier molecular flexibility index (Phi) is 16.8. The van der Waals surface area contributed by atoms with Crippen molar-refractivity contribution in [1.82, 2.24) is 29.9 Å². The van der Waals surface area contributed by atoms with E-state index in [0.717, 1.165) is 66.9 Å². The second-order valence-corrected chi connectivity index (χ2v) is 24.6. The van der Waals surface area contributed by atoms with Gasteiger partial charge >= 0.3 is 26.1 Å². The minimum Gasteiger partial charge on any atom is -0.434 e. The maximum absolute atomic E-state index is 15.4. The molecule has 0 fully saturated rings. The van der Waals surface area contributed by atoms with Gasteiger partial charge in [-0.1, -0.05) is 35.7 Å². The summed E-state index contributed by atoms with van der Waals surface area (Å²) in [5, 5.41) is 8.12. The monoisotopic (exact) mass is 1230 g/mol. The summed E-state index contributed by atoms with van der Waals surface area (Å²) >= 11 is 6.69. The number of carbonyl (C=O) groups is 3. The number of amides is 2. The molecule has 0 saturated carbocycles. The van der Waals surface area contributed by atoms with Crippen molar-refractivity contribution in [2.45, 2.75) is 74.9 Å². The molecule has 3 heterocycles. The lowest BCUT2D eigenvalue weighted by Gasteiger charge is -2.23. The highest BCUT2D eigenvalue weighted by Gasteiger charge is 2.54. The number of halogens is 11. The molecule has 5 N–H and O–H groups in total. The molecule has 0 radical (unpaired) electrons. The Bertz CT molecular complexity index is 3880. The van der Waals surface area contributed by atoms with Crippen molar-refractivity contribution in [2.75, 3.05) is 23.6 Å². The SMILES string of the molecule is CC(C)(C#Cc1ccc(-c2ccc(Cl)c3c(N(C(=O)c4ccccc4C(=O)OCOP(=O)(O)O)S(C)(=O)=O)nn(CC(F)(F)F)c23)c([C@H](Cc2cc(F)cc(F)c2)NC(=O)Cn2nc(C(F)(F)F)c3c2C(F)(F)C[C@@H]3N)n1)S(C)(=O)=O. The number of aromatic nitrogens is 5. The predicted octanol–water partition coefficient (Wildman–Crippen LogP) is 7.41. The number of alkyl halides is 8. The molecule has 2 atom stereocenters. The molecule has 81 heavy (non-hydrogen) atoms. The molecule has 34 heteroatoms. The molecule has 434 valence electrons. The van der Waals surface area contributed by atoms with Crippen molar-refractivity contribution >= 4 is 73.8 Å². The molecule has 3 aromatic carbocycles. The summed E-state index contributed by atoms with van der Waals surface area (Å²) in [7, 11) is -14.4. The minimum absolute atomic E-state index is 0.0415. The summed E-state index contributed by atoms with van der Waals surface area (Å²) in [5.74, 6) is -7.36. The van der Waals surface area contributed by atoms with Gasteiger partial charge in [-0.3, -0.25) is 19.0 Å². The minimum atomic E-state index is -5.37. The zero-order chi connectivity index (χ0) is 60.3. The van der Waals surface area contributed by atoms with Crippen molar-refractivity contribution in [2.24, 2.45) is 5.73 Å². The summed E-state index contributed by atoms with van der Waals surface area (Å²) in [6.45, 7) is -2.58. The molecule has 0 saturated heterocycles. The molecular formula is C47H40ClF10N8O12PS2. The van der Waals surface area contributed by atoms with Crippen molar-refractivity contribution in [3.8, 4) is 23.0 Å². The summed E-state index contributed by atoms with van der Waals surface area (Å²) < 4.78 is 219. The number of ether oxygens (including phenoxy) is 1. The zero-order valence-electron chi connectivity index (χ0n) is 41.7. The third-order valence-corrected chi connectivity index (χ3v) is 15.8. The Morgan fingerprint density at radius 2 is 1.56 bits per heavy atom. The number of pyridine rings is 1. The van der Waals surface area contributed by atoms with Crippen molar-refractivity contribution in [3.63, 3.8) is 0 Å². The average Bonchev–Trinajstić information content (AvgIpc) is 4.20. The van der Waals surface area contributed by atoms with E-state index in [1.54, 1.807) is 0 Å². The largest absolute Gasteiger partial charge is 0.472 e. The fourth-order valence-corrected chi connectivity index (χ4v) is 9.91. The molecule has 1 aliphatic rings. The summed E-state index contributed by atoms with van der Waals surface area (Å²) in [5.41, 5.74) is -3.29. The number of esters is 1. The van der Waals surface area contributed by atoms with Gasteiger partial charge in [0.1, 0.15) is 40.9 Å². The number of nitrogens with one attached hydrogen (secondary N) is 1. The van der Waals surface area contributed by atoms with Gasteiger partial charge in [-0.15, -0.1) is 0 Å². The number of carbonyl (C=O) groups excluding carboxylic acids is 3. The van der Waals surface area contributed by atoms with Gasteiger partial charge in [-0.05, 0) is 74.2 Å². The zero-order valence-corrected chi connectivity index (χ0v) is 45.0. The number of hydrogen-bond donors (Lipinski definition) is 4. The number of anilines is 1. The summed E-state index contributed by atoms with van der Waals surface area (Å²) in [6.07, 6.45) is -11.5. The highest BCUT2D eigenvalue weighted by Crippen LogP contribution is 2.51. The Labute approximate surface area is 456 Å². The fourth-order valence-electron chi connectivity index (χ4n) is 8.41. The number of phosphoric acid groups is 1. The standard InChI is InChI=1S/C47H40ClF10N8O12PS2/c1-44(2,80(3,73)74)14-13-26-9-10-27(37(60-26)33(17-23-15-24(49)18-25(50)16-23)61-34(67)20-64-40-36(32(59)19-45(40,51)52)39(62-64)47(56,57)58)28-11-12-31(48)35-38(28)65(21-46(53,54)55)63-41(35)66(81(4,75)76)42(68)29-7-5-6-8-30(29)43(69)77-22-78-79(70,71)72/h5-12,15-16,18,32-33H,17,19-22,59H2,1-4H3,(H,61,67)(H2,70,71,72)/t32-,33-/m0/s1. The molecule has 20 nitrogen and oxygen atoms in total. The van der Waals surface area contributed by atoms with Gasteiger partial charge < -0.3 is 25.6 Å². The number of rotatable bonds is 16. The third-order valence-electron chi connectivity index (χ3n) is 12.1. The number of phosphoric ester groups is 1. The Morgan fingerprint density at radius 1 is 0.938 bits per heavy atom. The van der Waals surface area contributed by atoms with E-state index in [-0.39, 0.29) is 19.2 Å². The Morgan fingerprint density at radius 3 is 2.14 bits per heavy atom. The first-order valence-corrected chi connectivity index (χ1v) is 28.4. The van der Waals surface area contributed by atoms with Crippen LogP contribution in [0.2, 0.25) is 5.02 Å². The van der Waals surface area contributed by atoms with Crippen LogP contribution in [0.5, 0.6) is 0 Å². The van der Waals surface area contributed by atoms with Crippen LogP contribution in [0.15, 0.2) is 66.7 Å². The van der Waals surface area contributed by atoms with Crippen molar-refractivity contribution in [3.05, 3.63) is 128 Å². The van der Waals surface area contributed by atoms with Gasteiger partial charge in [0, 0.05) is 41.5 Å². The van der Waals surface area contributed by atoms with Crippen LogP contribution in [0.25, 0.3) is 22.0 Å². The van der Waals surface area contributed by atoms with E-state index in [1.165, 1.54) is 13.8 Å². The van der Waals surface area contributed by atoms with Crippen LogP contribution in [-0.2, 0) is 70.1 Å². The smallest absolute Gasteiger partial charge is 0.434 e. The van der Waals surface area contributed by atoms with E-state index in [1.807, 2.05) is 0 Å². The van der Waals surface area contributed by atoms with Gasteiger partial charge in [0.2, 0.25) is 22.7 Å². The highest BCUT2D eigenvalue weighted by molar-refractivity contribution is 7.93. The molecule has 1 aliphatic carbocycles. The molecule has 7 rings (SSSR count). The molecule has 6 aromatic rings. The average molecular weight is 1230 g/mol. The number of fused-ring (bicyclic) bond motifs is 2. The molecule has 0 unspecified atom stereocenters. The van der Waals surface area contributed by atoms with Crippen LogP contribution in [0.3, 0.4) is 0 Å². The molecule has 0 spiro atoms. The first-order valence-electron chi connectivity index (χ1n) is 22.7. The number of sulfonamides is 1. The van der Waals surface area contributed by atoms with Gasteiger partial charge in [0.15, 0.2) is 21.3 Å². The Hall–Kier alpha value is -6.98. The molecule has 0 bridgehead atoms. The lowest BCUT2D eigenvalue weighted by atomic mass is 9.93. The number of sulfone groups is 1. The van der Waals surface area contributed by atoms with Gasteiger partial charge in [0.25, 0.3) is 11.8 Å². The maximum atomic E-state index is 15.4. The lowest BCUT2D eigenvalue weighted by molar-refractivity contribution is -0.143. The van der Waals surface area contributed by atoms with E-state index in [9.17, 15) is 70.9 Å². The van der Waals surface area contributed by atoms with Crippen molar-refractivity contribution < 1.29 is 98.7 Å². The van der Waals surface area contributed by atoms with Crippen LogP contribution < -0.4 is 15.4 Å². The quantitative estimate of drug-likeness (QED) is 0.0241. The molecule has 3 aromatic heterocycles. The fraction of sp³-hybridized carbons (Fsp3) is 0.319. The van der Waals surface area contributed by atoms with Crippen LogP contribution in [0.1, 0.15) is 87.0 Å². The summed E-state index contributed by atoms with van der Waals surface area (Å²) in [4.78, 5) is 64.4. The van der Waals surface area contributed by atoms with Gasteiger partial charge in [-0.25, -0.2) is 44.5 Å². The van der Waals surface area contributed by atoms with E-state index >= 15 is 8.78 Å². The normalized spacial score (nSPS) is 15.2. The summed E-state index contributed by atoms with van der Waals surface area (Å²) in [6, 6.07) is 6.19. The first kappa shape index (κ1) is 61.6. The second kappa shape index (κ2) is 22.1. The number of nitrogens with zero attached hydrogens (tertiary/aromatic N) is 6. The predicted molar refractivity (Wildman–Crippen MR) is 265 cm³/mol. The number of hydrogen-bond acceptors (Lipinski definition) is 14. The number of nitrogens with two attached hydrogens (primary N) is 1. The Balaban J connectivity index is 1.50. The number of benzene rings is 3. The third kappa shape index (κ3) is 13.7. The van der Waals surface area contributed by atoms with E-state index in [2.05, 4.69) is 41.6 Å².